The summed E-state index contributed by atoms with van der Waals surface area (Å²) < 4.78 is 13.0. The van der Waals surface area contributed by atoms with Crippen LogP contribution >= 0.6 is 0 Å². The van der Waals surface area contributed by atoms with E-state index in [-0.39, 0.29) is 5.95 Å². The molecule has 1 aromatic heterocycles. The van der Waals surface area contributed by atoms with Gasteiger partial charge in [0.25, 0.3) is 0 Å². The zero-order valence-electron chi connectivity index (χ0n) is 9.12. The van der Waals surface area contributed by atoms with Crippen LogP contribution in [0.25, 0.3) is 0 Å². The van der Waals surface area contributed by atoms with Crippen LogP contribution < -0.4 is 4.90 Å². The first-order chi connectivity index (χ1) is 7.29. The molecular weight excluding hydrogens is 191 g/mol. The molecule has 0 bridgehead atoms. The zero-order valence-corrected chi connectivity index (χ0v) is 9.12. The van der Waals surface area contributed by atoms with Crippen LogP contribution in [0.4, 0.5) is 10.2 Å². The second-order valence-electron chi connectivity index (χ2n) is 4.15. The minimum atomic E-state index is -0.389. The molecule has 0 spiro atoms. The van der Waals surface area contributed by atoms with Gasteiger partial charge in [0.15, 0.2) is 0 Å². The van der Waals surface area contributed by atoms with Crippen molar-refractivity contribution in [3.8, 4) is 0 Å². The van der Waals surface area contributed by atoms with E-state index in [0.29, 0.717) is 0 Å². The van der Waals surface area contributed by atoms with Crippen molar-refractivity contribution in [2.75, 3.05) is 18.0 Å². The van der Waals surface area contributed by atoms with Crippen molar-refractivity contribution in [2.24, 2.45) is 5.92 Å². The number of aromatic nitrogens is 1. The first-order valence-corrected chi connectivity index (χ1v) is 5.67. The average Bonchev–Trinajstić information content (AvgIpc) is 2.16. The summed E-state index contributed by atoms with van der Waals surface area (Å²) in [5.41, 5.74) is 0. The van der Waals surface area contributed by atoms with Crippen LogP contribution in [0, 0.1) is 11.9 Å². The maximum Gasteiger partial charge on any atom is 0.214 e. The van der Waals surface area contributed by atoms with Gasteiger partial charge in [-0.15, -0.1) is 0 Å². The molecule has 0 amide bonds. The largest absolute Gasteiger partial charge is 0.357 e. The predicted molar refractivity (Wildman–Crippen MR) is 59.4 cm³/mol. The highest BCUT2D eigenvalue weighted by Crippen LogP contribution is 2.28. The second-order valence-corrected chi connectivity index (χ2v) is 4.15. The molecule has 1 aliphatic carbocycles. The molecule has 15 heavy (non-hydrogen) atoms. The van der Waals surface area contributed by atoms with Gasteiger partial charge in [-0.3, -0.25) is 0 Å². The standard InChI is InChI=1S/C12H17FN2/c1-2-15(9-10-5-3-6-10)12-8-4-7-11(13)14-12/h4,7-8,10H,2-3,5-6,9H2,1H3. The van der Waals surface area contributed by atoms with Crippen LogP contribution in [0.1, 0.15) is 26.2 Å². The van der Waals surface area contributed by atoms with Crippen molar-refractivity contribution in [3.05, 3.63) is 24.1 Å². The molecule has 0 aliphatic heterocycles. The fourth-order valence-electron chi connectivity index (χ4n) is 1.95. The van der Waals surface area contributed by atoms with Gasteiger partial charge in [-0.05, 0) is 37.8 Å². The highest BCUT2D eigenvalue weighted by Gasteiger charge is 2.20. The topological polar surface area (TPSA) is 16.1 Å². The Hall–Kier alpha value is -1.12. The number of hydrogen-bond acceptors (Lipinski definition) is 2. The average molecular weight is 208 g/mol. The maximum atomic E-state index is 13.0. The third-order valence-electron chi connectivity index (χ3n) is 3.11. The van der Waals surface area contributed by atoms with E-state index in [4.69, 9.17) is 0 Å². The monoisotopic (exact) mass is 208 g/mol. The molecule has 1 saturated carbocycles. The Balaban J connectivity index is 2.04. The number of pyridine rings is 1. The van der Waals surface area contributed by atoms with E-state index in [0.717, 1.165) is 24.8 Å². The summed E-state index contributed by atoms with van der Waals surface area (Å²) in [6.45, 7) is 4.01. The van der Waals surface area contributed by atoms with Crippen molar-refractivity contribution < 1.29 is 4.39 Å². The molecule has 1 aromatic rings. The van der Waals surface area contributed by atoms with Crippen LogP contribution in [0.15, 0.2) is 18.2 Å². The normalized spacial score (nSPS) is 16.1. The lowest BCUT2D eigenvalue weighted by Crippen LogP contribution is -2.33. The van der Waals surface area contributed by atoms with E-state index in [1.807, 2.05) is 6.07 Å². The molecule has 0 radical (unpaired) electrons. The first kappa shape index (κ1) is 10.4. The van der Waals surface area contributed by atoms with Crippen molar-refractivity contribution in [3.63, 3.8) is 0 Å². The van der Waals surface area contributed by atoms with Gasteiger partial charge in [0.05, 0.1) is 0 Å². The molecule has 1 fully saturated rings. The summed E-state index contributed by atoms with van der Waals surface area (Å²) in [5, 5.41) is 0. The molecule has 0 aromatic carbocycles. The Labute approximate surface area is 90.1 Å². The molecule has 1 aliphatic rings. The van der Waals surface area contributed by atoms with Gasteiger partial charge >= 0.3 is 0 Å². The molecule has 0 unspecified atom stereocenters. The summed E-state index contributed by atoms with van der Waals surface area (Å²) in [7, 11) is 0. The minimum Gasteiger partial charge on any atom is -0.357 e. The predicted octanol–water partition coefficient (Wildman–Crippen LogP) is 2.85. The third-order valence-corrected chi connectivity index (χ3v) is 3.11. The summed E-state index contributed by atoms with van der Waals surface area (Å²) in [6, 6.07) is 4.99. The van der Waals surface area contributed by atoms with Crippen LogP contribution in [0.2, 0.25) is 0 Å². The van der Waals surface area contributed by atoms with Gasteiger partial charge in [0.1, 0.15) is 5.82 Å². The summed E-state index contributed by atoms with van der Waals surface area (Å²) in [5.74, 6) is 1.17. The van der Waals surface area contributed by atoms with E-state index in [1.54, 1.807) is 6.07 Å². The Bertz CT molecular complexity index is 323. The van der Waals surface area contributed by atoms with E-state index in [9.17, 15) is 4.39 Å². The van der Waals surface area contributed by atoms with Gasteiger partial charge < -0.3 is 4.90 Å². The second kappa shape index (κ2) is 4.60. The number of hydrogen-bond donors (Lipinski definition) is 0. The zero-order chi connectivity index (χ0) is 10.7. The van der Waals surface area contributed by atoms with Crippen molar-refractivity contribution in [1.29, 1.82) is 0 Å². The first-order valence-electron chi connectivity index (χ1n) is 5.67. The van der Waals surface area contributed by atoms with Gasteiger partial charge in [0.2, 0.25) is 5.95 Å². The van der Waals surface area contributed by atoms with E-state index < -0.39 is 0 Å². The molecular formula is C12H17FN2. The third kappa shape index (κ3) is 2.46. The Kier molecular flexibility index (Phi) is 3.19. The smallest absolute Gasteiger partial charge is 0.214 e. The number of anilines is 1. The lowest BCUT2D eigenvalue weighted by Gasteiger charge is -2.32. The molecule has 0 saturated heterocycles. The molecule has 2 rings (SSSR count). The van der Waals surface area contributed by atoms with Crippen LogP contribution in [0.3, 0.4) is 0 Å². The van der Waals surface area contributed by atoms with Crippen molar-refractivity contribution >= 4 is 5.82 Å². The van der Waals surface area contributed by atoms with Gasteiger partial charge in [0, 0.05) is 13.1 Å². The summed E-state index contributed by atoms with van der Waals surface area (Å²) >= 11 is 0. The van der Waals surface area contributed by atoms with E-state index >= 15 is 0 Å². The summed E-state index contributed by atoms with van der Waals surface area (Å²) in [4.78, 5) is 6.07. The maximum absolute atomic E-state index is 13.0. The highest BCUT2D eigenvalue weighted by molar-refractivity contribution is 5.37. The Morgan fingerprint density at radius 3 is 2.80 bits per heavy atom. The number of rotatable bonds is 4. The van der Waals surface area contributed by atoms with E-state index in [2.05, 4.69) is 16.8 Å². The molecule has 0 atom stereocenters. The quantitative estimate of drug-likeness (QED) is 0.707. The van der Waals surface area contributed by atoms with Crippen molar-refractivity contribution in [2.45, 2.75) is 26.2 Å². The Morgan fingerprint density at radius 1 is 1.47 bits per heavy atom. The van der Waals surface area contributed by atoms with E-state index in [1.165, 1.54) is 25.3 Å². The fraction of sp³-hybridized carbons (Fsp3) is 0.583. The lowest BCUT2D eigenvalue weighted by atomic mass is 9.85. The van der Waals surface area contributed by atoms with Crippen LogP contribution in [0.5, 0.6) is 0 Å². The Morgan fingerprint density at radius 2 is 2.27 bits per heavy atom. The van der Waals surface area contributed by atoms with Crippen LogP contribution in [-0.2, 0) is 0 Å². The number of halogens is 1. The molecule has 1 heterocycles. The van der Waals surface area contributed by atoms with Gasteiger partial charge in [-0.25, -0.2) is 4.98 Å². The van der Waals surface area contributed by atoms with Crippen LogP contribution in [-0.4, -0.2) is 18.1 Å². The molecule has 2 nitrogen and oxygen atoms in total. The van der Waals surface area contributed by atoms with Crippen molar-refractivity contribution in [1.82, 2.24) is 4.98 Å². The SMILES string of the molecule is CCN(CC1CCC1)c1cccc(F)n1. The fourth-order valence-corrected chi connectivity index (χ4v) is 1.95. The molecule has 82 valence electrons. The lowest BCUT2D eigenvalue weighted by molar-refractivity contribution is 0.318. The molecule has 0 N–H and O–H groups in total. The molecule has 3 heteroatoms. The van der Waals surface area contributed by atoms with Gasteiger partial charge in [-0.2, -0.15) is 4.39 Å². The highest BCUT2D eigenvalue weighted by atomic mass is 19.1. The van der Waals surface area contributed by atoms with Gasteiger partial charge in [-0.1, -0.05) is 12.5 Å². The minimum absolute atomic E-state index is 0.389. The summed E-state index contributed by atoms with van der Waals surface area (Å²) in [6.07, 6.45) is 3.97. The number of nitrogens with zero attached hydrogens (tertiary/aromatic N) is 2.